The Hall–Kier alpha value is -1.13. The van der Waals surface area contributed by atoms with Crippen molar-refractivity contribution in [3.63, 3.8) is 0 Å². The number of aryl methyl sites for hydroxylation is 1. The first-order valence-corrected chi connectivity index (χ1v) is 8.06. The molecule has 1 aromatic rings. The number of carbonyl (C=O) groups excluding carboxylic acids is 1. The van der Waals surface area contributed by atoms with Gasteiger partial charge in [-0.25, -0.2) is 4.39 Å². The normalized spacial score (nSPS) is 13.3. The monoisotopic (exact) mass is 344 g/mol. The van der Waals surface area contributed by atoms with Crippen molar-refractivity contribution in [1.29, 1.82) is 0 Å². The molecule has 0 saturated carbocycles. The summed E-state index contributed by atoms with van der Waals surface area (Å²) in [5.41, 5.74) is 6.69. The van der Waals surface area contributed by atoms with Crippen LogP contribution >= 0.6 is 12.4 Å². The Balaban J connectivity index is 0.00000484. The van der Waals surface area contributed by atoms with Crippen LogP contribution in [0.5, 0.6) is 0 Å². The Bertz CT molecular complexity index is 482. The predicted octanol–water partition coefficient (Wildman–Crippen LogP) is 3.65. The van der Waals surface area contributed by atoms with E-state index in [1.165, 1.54) is 6.07 Å². The van der Waals surface area contributed by atoms with Crippen molar-refractivity contribution < 1.29 is 9.18 Å². The molecule has 3 nitrogen and oxygen atoms in total. The van der Waals surface area contributed by atoms with Gasteiger partial charge in [0, 0.05) is 25.6 Å². The molecule has 23 heavy (non-hydrogen) atoms. The lowest BCUT2D eigenvalue weighted by Crippen LogP contribution is -2.37. The molecule has 0 aliphatic heterocycles. The molecule has 0 heterocycles. The fourth-order valence-electron chi connectivity index (χ4n) is 2.36. The van der Waals surface area contributed by atoms with Gasteiger partial charge in [-0.15, -0.1) is 12.4 Å². The highest BCUT2D eigenvalue weighted by Crippen LogP contribution is 2.15. The zero-order valence-electron chi connectivity index (χ0n) is 14.6. The largest absolute Gasteiger partial charge is 0.345 e. The van der Waals surface area contributed by atoms with E-state index in [1.54, 1.807) is 17.0 Å². The van der Waals surface area contributed by atoms with Gasteiger partial charge >= 0.3 is 0 Å². The van der Waals surface area contributed by atoms with Crippen LogP contribution in [-0.4, -0.2) is 30.4 Å². The van der Waals surface area contributed by atoms with Crippen LogP contribution in [0.4, 0.5) is 4.39 Å². The number of nitrogens with two attached hydrogens (primary N) is 1. The van der Waals surface area contributed by atoms with E-state index < -0.39 is 0 Å². The van der Waals surface area contributed by atoms with Crippen molar-refractivity contribution in [2.45, 2.75) is 46.1 Å². The Morgan fingerprint density at radius 2 is 1.83 bits per heavy atom. The number of benzene rings is 1. The molecule has 0 aromatic heterocycles. The fourth-order valence-corrected chi connectivity index (χ4v) is 2.36. The molecular formula is C18H30ClFN2O. The molecule has 2 N–H and O–H groups in total. The molecule has 5 heteroatoms. The van der Waals surface area contributed by atoms with Crippen molar-refractivity contribution in [1.82, 2.24) is 4.90 Å². The van der Waals surface area contributed by atoms with E-state index >= 15 is 0 Å². The first-order chi connectivity index (χ1) is 10.3. The lowest BCUT2D eigenvalue weighted by molar-refractivity contribution is -0.133. The molecule has 132 valence electrons. The van der Waals surface area contributed by atoms with Gasteiger partial charge in [0.15, 0.2) is 0 Å². The third-order valence-corrected chi connectivity index (χ3v) is 4.26. The second-order valence-electron chi connectivity index (χ2n) is 6.49. The minimum absolute atomic E-state index is 0. The van der Waals surface area contributed by atoms with Crippen molar-refractivity contribution in [3.8, 4) is 0 Å². The van der Waals surface area contributed by atoms with Gasteiger partial charge in [0.2, 0.25) is 5.91 Å². The molecule has 2 unspecified atom stereocenters. The summed E-state index contributed by atoms with van der Waals surface area (Å²) in [6.45, 7) is 6.75. The number of hydrogen-bond donors (Lipinski definition) is 1. The quantitative estimate of drug-likeness (QED) is 0.782. The van der Waals surface area contributed by atoms with Crippen LogP contribution in [0, 0.1) is 17.7 Å². The number of rotatable bonds is 8. The van der Waals surface area contributed by atoms with Gasteiger partial charge in [-0.2, -0.15) is 0 Å². The summed E-state index contributed by atoms with van der Waals surface area (Å²) in [4.78, 5) is 14.1. The van der Waals surface area contributed by atoms with Crippen LogP contribution in [0.15, 0.2) is 24.3 Å². The third kappa shape index (κ3) is 7.32. The molecule has 2 atom stereocenters. The lowest BCUT2D eigenvalue weighted by Gasteiger charge is -2.24. The van der Waals surface area contributed by atoms with E-state index in [2.05, 4.69) is 13.8 Å². The number of hydrogen-bond acceptors (Lipinski definition) is 2. The zero-order chi connectivity index (χ0) is 16.7. The fraction of sp³-hybridized carbons (Fsp3) is 0.611. The molecule has 0 aliphatic carbocycles. The molecule has 1 rings (SSSR count). The Kier molecular flexibility index (Phi) is 10.1. The molecule has 0 aliphatic rings. The summed E-state index contributed by atoms with van der Waals surface area (Å²) in [7, 11) is 1.81. The maximum Gasteiger partial charge on any atom is 0.225 e. The summed E-state index contributed by atoms with van der Waals surface area (Å²) in [5.74, 6) is 0.215. The second-order valence-corrected chi connectivity index (χ2v) is 6.49. The van der Waals surface area contributed by atoms with E-state index in [4.69, 9.17) is 5.73 Å². The first kappa shape index (κ1) is 21.9. The minimum Gasteiger partial charge on any atom is -0.345 e. The van der Waals surface area contributed by atoms with E-state index in [0.717, 1.165) is 6.42 Å². The summed E-state index contributed by atoms with van der Waals surface area (Å²) in [5, 5.41) is 0. The zero-order valence-corrected chi connectivity index (χ0v) is 15.4. The summed E-state index contributed by atoms with van der Waals surface area (Å²) >= 11 is 0. The lowest BCUT2D eigenvalue weighted by atomic mass is 9.98. The number of carbonyl (C=O) groups is 1. The van der Waals surface area contributed by atoms with Gasteiger partial charge in [-0.05, 0) is 36.8 Å². The van der Waals surface area contributed by atoms with E-state index in [9.17, 15) is 9.18 Å². The Morgan fingerprint density at radius 3 is 2.39 bits per heavy atom. The molecule has 0 bridgehead atoms. The smallest absolute Gasteiger partial charge is 0.225 e. The van der Waals surface area contributed by atoms with Crippen LogP contribution in [0.25, 0.3) is 0 Å². The molecule has 1 amide bonds. The second kappa shape index (κ2) is 10.6. The highest BCUT2D eigenvalue weighted by Gasteiger charge is 2.19. The Labute approximate surface area is 145 Å². The molecule has 0 spiro atoms. The van der Waals surface area contributed by atoms with Crippen LogP contribution < -0.4 is 5.73 Å². The average Bonchev–Trinajstić information content (AvgIpc) is 2.50. The average molecular weight is 345 g/mol. The number of halogens is 2. The van der Waals surface area contributed by atoms with Crippen molar-refractivity contribution in [2.24, 2.45) is 17.6 Å². The highest BCUT2D eigenvalue weighted by atomic mass is 35.5. The van der Waals surface area contributed by atoms with Crippen molar-refractivity contribution in [3.05, 3.63) is 35.6 Å². The van der Waals surface area contributed by atoms with Gasteiger partial charge in [0.25, 0.3) is 0 Å². The van der Waals surface area contributed by atoms with Crippen LogP contribution in [-0.2, 0) is 11.2 Å². The van der Waals surface area contributed by atoms with Crippen molar-refractivity contribution >= 4 is 18.3 Å². The van der Waals surface area contributed by atoms with Crippen molar-refractivity contribution in [2.75, 3.05) is 13.6 Å². The number of nitrogens with zero attached hydrogens (tertiary/aromatic N) is 1. The van der Waals surface area contributed by atoms with Gasteiger partial charge in [0.1, 0.15) is 5.82 Å². The third-order valence-electron chi connectivity index (χ3n) is 4.26. The summed E-state index contributed by atoms with van der Waals surface area (Å²) in [6.07, 6.45) is 2.04. The first-order valence-electron chi connectivity index (χ1n) is 8.06. The molecule has 0 saturated heterocycles. The molecule has 1 aromatic carbocycles. The predicted molar refractivity (Wildman–Crippen MR) is 96.2 cm³/mol. The highest BCUT2D eigenvalue weighted by molar-refractivity contribution is 5.85. The molecule has 0 fully saturated rings. The van der Waals surface area contributed by atoms with Crippen LogP contribution in [0.3, 0.4) is 0 Å². The molecule has 0 radical (unpaired) electrons. The Morgan fingerprint density at radius 1 is 1.22 bits per heavy atom. The van der Waals surface area contributed by atoms with E-state index in [1.807, 2.05) is 20.0 Å². The minimum atomic E-state index is -0.196. The van der Waals surface area contributed by atoms with Gasteiger partial charge in [-0.1, -0.05) is 39.0 Å². The van der Waals surface area contributed by atoms with E-state index in [0.29, 0.717) is 30.9 Å². The standard InChI is InChI=1S/C18H29FN2O.ClH/c1-13(2)17(20)11-12-21(4)18(22)14(3)9-10-15-7-5-6-8-16(15)19;/h5-8,13-14,17H,9-12,20H2,1-4H3;1H. The summed E-state index contributed by atoms with van der Waals surface area (Å²) < 4.78 is 13.6. The van der Waals surface area contributed by atoms with Crippen LogP contribution in [0.2, 0.25) is 0 Å². The summed E-state index contributed by atoms with van der Waals surface area (Å²) in [6, 6.07) is 6.85. The van der Waals surface area contributed by atoms with Gasteiger partial charge in [-0.3, -0.25) is 4.79 Å². The molecular weight excluding hydrogens is 315 g/mol. The van der Waals surface area contributed by atoms with Gasteiger partial charge in [0.05, 0.1) is 0 Å². The van der Waals surface area contributed by atoms with Gasteiger partial charge < -0.3 is 10.6 Å². The maximum atomic E-state index is 13.6. The topological polar surface area (TPSA) is 46.3 Å². The van der Waals surface area contributed by atoms with E-state index in [-0.39, 0.29) is 36.1 Å². The maximum absolute atomic E-state index is 13.6. The SMILES string of the molecule is CC(CCc1ccccc1F)C(=O)N(C)CCC(N)C(C)C.Cl. The number of amides is 1. The van der Waals surface area contributed by atoms with Crippen LogP contribution in [0.1, 0.15) is 39.2 Å².